The maximum absolute atomic E-state index is 15.8. The number of aromatic nitrogens is 5. The fourth-order valence-electron chi connectivity index (χ4n) is 6.67. The van der Waals surface area contributed by atoms with E-state index < -0.39 is 23.3 Å². The van der Waals surface area contributed by atoms with Crippen molar-refractivity contribution in [2.24, 2.45) is 11.7 Å². The number of carbonyl (C=O) groups is 3. The van der Waals surface area contributed by atoms with E-state index in [0.717, 1.165) is 0 Å². The summed E-state index contributed by atoms with van der Waals surface area (Å²) in [6, 6.07) is 0. The number of nitrogens with zero attached hydrogens (tertiary/aromatic N) is 8. The zero-order valence-electron chi connectivity index (χ0n) is 24.6. The molecule has 1 unspecified atom stereocenters. The molecule has 45 heavy (non-hydrogen) atoms. The van der Waals surface area contributed by atoms with Gasteiger partial charge in [0.25, 0.3) is 11.8 Å². The molecule has 0 radical (unpaired) electrons. The molecule has 0 bridgehead atoms. The number of anilines is 2. The van der Waals surface area contributed by atoms with E-state index in [0.29, 0.717) is 63.0 Å². The normalized spacial score (nSPS) is 20.6. The Kier molecular flexibility index (Phi) is 7.23. The maximum atomic E-state index is 15.8. The van der Waals surface area contributed by atoms with Gasteiger partial charge in [-0.15, -0.1) is 5.10 Å². The number of halogens is 2. The van der Waals surface area contributed by atoms with E-state index >= 15 is 8.78 Å². The number of ether oxygens (including phenoxy) is 2. The molecule has 3 N–H and O–H groups in total. The minimum absolute atomic E-state index is 0.00472. The minimum Gasteiger partial charge on any atom is -0.465 e. The van der Waals surface area contributed by atoms with Gasteiger partial charge in [-0.25, -0.2) is 28.2 Å². The number of likely N-dealkylation sites (N-methyl/N-ethyl adjacent to an activating group) is 1. The Hall–Kier alpha value is -4.51. The summed E-state index contributed by atoms with van der Waals surface area (Å²) in [6.07, 6.45) is 2.82. The topological polar surface area (TPSA) is 174 Å². The molecule has 3 aliphatic heterocycles. The van der Waals surface area contributed by atoms with E-state index in [9.17, 15) is 14.4 Å². The summed E-state index contributed by atoms with van der Waals surface area (Å²) in [5.41, 5.74) is 5.30. The number of carbonyl (C=O) groups excluding carboxylic acids is 3. The number of benzene rings is 1. The standard InChI is InChI=1S/C28H32F2N10O5/c1-37(20(42)10-31)6-7-40-24-22(30)17-9-15(8-16(17)21(29)23(24)35-36-40)12-38-4-2-28(3-5-38)14-39(27(43)45-28)18-11-32-26-25(33-18)34-19(41)13-44-26/h11,15H,2-10,12-14,31H2,1H3,(H,33,34,41). The third-order valence-corrected chi connectivity index (χ3v) is 9.13. The Bertz CT molecular complexity index is 1710. The highest BCUT2D eigenvalue weighted by Crippen LogP contribution is 2.39. The third kappa shape index (κ3) is 5.18. The summed E-state index contributed by atoms with van der Waals surface area (Å²) in [5, 5.41) is 10.5. The van der Waals surface area contributed by atoms with Crippen molar-refractivity contribution in [2.75, 3.05) is 63.1 Å². The third-order valence-electron chi connectivity index (χ3n) is 9.13. The van der Waals surface area contributed by atoms with Crippen LogP contribution in [-0.4, -0.2) is 111 Å². The van der Waals surface area contributed by atoms with Crippen molar-refractivity contribution in [1.82, 2.24) is 34.8 Å². The van der Waals surface area contributed by atoms with Crippen molar-refractivity contribution in [3.8, 4) is 5.88 Å². The summed E-state index contributed by atoms with van der Waals surface area (Å²) >= 11 is 0. The lowest BCUT2D eigenvalue weighted by atomic mass is 9.90. The predicted octanol–water partition coefficient (Wildman–Crippen LogP) is 0.454. The Morgan fingerprint density at radius 2 is 1.96 bits per heavy atom. The average molecular weight is 627 g/mol. The van der Waals surface area contributed by atoms with E-state index in [2.05, 4.69) is 30.5 Å². The predicted molar refractivity (Wildman–Crippen MR) is 153 cm³/mol. The Balaban J connectivity index is 0.984. The molecule has 3 aromatic rings. The molecular weight excluding hydrogens is 594 g/mol. The van der Waals surface area contributed by atoms with Crippen LogP contribution in [0.2, 0.25) is 0 Å². The molecule has 2 aromatic heterocycles. The van der Waals surface area contributed by atoms with Gasteiger partial charge in [-0.3, -0.25) is 14.5 Å². The van der Waals surface area contributed by atoms with Crippen molar-refractivity contribution in [1.29, 1.82) is 0 Å². The van der Waals surface area contributed by atoms with Crippen LogP contribution in [0.4, 0.5) is 25.2 Å². The maximum Gasteiger partial charge on any atom is 0.416 e. The molecule has 15 nitrogen and oxygen atoms in total. The van der Waals surface area contributed by atoms with E-state index in [4.69, 9.17) is 15.2 Å². The number of hydrogen-bond donors (Lipinski definition) is 2. The first-order chi connectivity index (χ1) is 21.6. The van der Waals surface area contributed by atoms with Crippen LogP contribution < -0.4 is 20.7 Å². The molecule has 17 heteroatoms. The van der Waals surface area contributed by atoms with Crippen molar-refractivity contribution < 1.29 is 32.6 Å². The zero-order chi connectivity index (χ0) is 31.5. The molecular formula is C28H32F2N10O5. The van der Waals surface area contributed by atoms with Crippen molar-refractivity contribution in [3.05, 3.63) is 29.0 Å². The van der Waals surface area contributed by atoms with Gasteiger partial charge in [0, 0.05) is 46.1 Å². The van der Waals surface area contributed by atoms with Gasteiger partial charge in [0.1, 0.15) is 11.1 Å². The van der Waals surface area contributed by atoms with Crippen molar-refractivity contribution in [2.45, 2.75) is 37.8 Å². The van der Waals surface area contributed by atoms with Crippen LogP contribution in [-0.2, 0) is 33.7 Å². The molecule has 7 rings (SSSR count). The highest BCUT2D eigenvalue weighted by atomic mass is 19.1. The SMILES string of the molecule is CN(CCn1nnc2c(F)c3c(c(F)c21)CC(CN1CCC2(CC1)CN(c1cnc4c(n1)NC(=O)CO4)C(=O)O2)C3)C(=O)CN. The van der Waals surface area contributed by atoms with Crippen LogP contribution >= 0.6 is 0 Å². The Labute approximate surface area is 255 Å². The fraction of sp³-hybridized carbons (Fsp3) is 0.536. The molecule has 2 saturated heterocycles. The van der Waals surface area contributed by atoms with Crippen LogP contribution in [0.25, 0.3) is 11.0 Å². The molecule has 5 heterocycles. The molecule has 238 valence electrons. The van der Waals surface area contributed by atoms with Crippen LogP contribution in [0.5, 0.6) is 5.88 Å². The second-order valence-corrected chi connectivity index (χ2v) is 12.0. The Morgan fingerprint density at radius 3 is 2.71 bits per heavy atom. The number of hydrogen-bond acceptors (Lipinski definition) is 11. The van der Waals surface area contributed by atoms with E-state index in [1.165, 1.54) is 20.7 Å². The van der Waals surface area contributed by atoms with Crippen LogP contribution in [0, 0.1) is 17.6 Å². The second kappa shape index (κ2) is 11.1. The average Bonchev–Trinajstić information content (AvgIpc) is 3.75. The van der Waals surface area contributed by atoms with Gasteiger partial charge in [0.05, 0.1) is 25.8 Å². The smallest absolute Gasteiger partial charge is 0.416 e. The van der Waals surface area contributed by atoms with Crippen molar-refractivity contribution >= 4 is 40.6 Å². The summed E-state index contributed by atoms with van der Waals surface area (Å²) in [7, 11) is 1.59. The van der Waals surface area contributed by atoms with Gasteiger partial charge in [-0.05, 0) is 29.9 Å². The quantitative estimate of drug-likeness (QED) is 0.373. The summed E-state index contributed by atoms with van der Waals surface area (Å²) < 4.78 is 43.8. The number of nitrogens with two attached hydrogens (primary N) is 1. The summed E-state index contributed by atoms with van der Waals surface area (Å²) in [4.78, 5) is 49.9. The molecule has 2 fully saturated rings. The monoisotopic (exact) mass is 626 g/mol. The first-order valence-electron chi connectivity index (χ1n) is 14.8. The molecule has 1 aromatic carbocycles. The fourth-order valence-corrected chi connectivity index (χ4v) is 6.67. The molecule has 1 atom stereocenters. The van der Waals surface area contributed by atoms with Gasteiger partial charge >= 0.3 is 6.09 Å². The largest absolute Gasteiger partial charge is 0.465 e. The van der Waals surface area contributed by atoms with Crippen LogP contribution in [0.3, 0.4) is 0 Å². The van der Waals surface area contributed by atoms with Gasteiger partial charge in [-0.2, -0.15) is 0 Å². The first-order valence-corrected chi connectivity index (χ1v) is 14.8. The highest BCUT2D eigenvalue weighted by molar-refractivity contribution is 5.95. The molecule has 4 aliphatic rings. The number of likely N-dealkylation sites (tertiary alicyclic amines) is 1. The lowest BCUT2D eigenvalue weighted by Gasteiger charge is -2.38. The summed E-state index contributed by atoms with van der Waals surface area (Å²) in [5.74, 6) is -1.07. The minimum atomic E-state index is -0.695. The molecule has 1 spiro atoms. The van der Waals surface area contributed by atoms with E-state index in [1.807, 2.05) is 0 Å². The van der Waals surface area contributed by atoms with Crippen LogP contribution in [0.1, 0.15) is 24.0 Å². The second-order valence-electron chi connectivity index (χ2n) is 12.0. The number of piperidine rings is 1. The van der Waals surface area contributed by atoms with Gasteiger partial charge in [0.15, 0.2) is 35.4 Å². The number of nitrogens with one attached hydrogen (secondary N) is 1. The van der Waals surface area contributed by atoms with Gasteiger partial charge in [0.2, 0.25) is 5.91 Å². The highest BCUT2D eigenvalue weighted by Gasteiger charge is 2.48. The molecule has 3 amide bonds. The van der Waals surface area contributed by atoms with E-state index in [-0.39, 0.29) is 72.5 Å². The van der Waals surface area contributed by atoms with Crippen molar-refractivity contribution in [3.63, 3.8) is 0 Å². The first kappa shape index (κ1) is 29.2. The number of amides is 3. The number of fused-ring (bicyclic) bond motifs is 3. The summed E-state index contributed by atoms with van der Waals surface area (Å²) in [6.45, 7) is 2.31. The lowest BCUT2D eigenvalue weighted by molar-refractivity contribution is -0.128. The lowest BCUT2D eigenvalue weighted by Crippen LogP contribution is -2.48. The van der Waals surface area contributed by atoms with Gasteiger partial charge in [-0.1, -0.05) is 5.21 Å². The zero-order valence-corrected chi connectivity index (χ0v) is 24.6. The molecule has 0 saturated carbocycles. The molecule has 1 aliphatic carbocycles. The van der Waals surface area contributed by atoms with Gasteiger partial charge < -0.3 is 30.3 Å². The number of rotatable bonds is 7. The van der Waals surface area contributed by atoms with E-state index in [1.54, 1.807) is 7.05 Å². The Morgan fingerprint density at radius 1 is 1.20 bits per heavy atom. The van der Waals surface area contributed by atoms with Crippen LogP contribution in [0.15, 0.2) is 6.20 Å².